The van der Waals surface area contributed by atoms with Crippen molar-refractivity contribution in [3.8, 4) is 0 Å². The van der Waals surface area contributed by atoms with Crippen LogP contribution in [0.5, 0.6) is 0 Å². The van der Waals surface area contributed by atoms with Gasteiger partial charge in [0, 0.05) is 30.3 Å². The van der Waals surface area contributed by atoms with E-state index in [0.717, 1.165) is 24.0 Å². The van der Waals surface area contributed by atoms with E-state index >= 15 is 0 Å². The summed E-state index contributed by atoms with van der Waals surface area (Å²) in [4.78, 5) is 9.19. The summed E-state index contributed by atoms with van der Waals surface area (Å²) in [5.74, 6) is 5.61. The molecule has 1 fully saturated rings. The fraction of sp³-hybridized carbons (Fsp3) is 0.714. The highest BCUT2D eigenvalue weighted by molar-refractivity contribution is 7.99. The van der Waals surface area contributed by atoms with Gasteiger partial charge in [-0.2, -0.15) is 11.8 Å². The highest BCUT2D eigenvalue weighted by atomic mass is 32.2. The molecule has 2 N–H and O–H groups in total. The maximum atomic E-state index is 4.64. The van der Waals surface area contributed by atoms with Crippen LogP contribution in [0.2, 0.25) is 0 Å². The van der Waals surface area contributed by atoms with Crippen molar-refractivity contribution in [1.29, 1.82) is 0 Å². The van der Waals surface area contributed by atoms with E-state index in [-0.39, 0.29) is 0 Å². The van der Waals surface area contributed by atoms with Crippen molar-refractivity contribution in [1.82, 2.24) is 9.97 Å². The average Bonchev–Trinajstić information content (AvgIpc) is 2.40. The van der Waals surface area contributed by atoms with Gasteiger partial charge in [0.15, 0.2) is 0 Å². The lowest BCUT2D eigenvalue weighted by Gasteiger charge is -2.23. The van der Waals surface area contributed by atoms with Gasteiger partial charge in [-0.1, -0.05) is 13.8 Å². The van der Waals surface area contributed by atoms with Gasteiger partial charge in [-0.05, 0) is 25.5 Å². The van der Waals surface area contributed by atoms with Crippen molar-refractivity contribution in [2.75, 3.05) is 28.7 Å². The molecule has 0 bridgehead atoms. The van der Waals surface area contributed by atoms with Crippen LogP contribution in [0, 0.1) is 0 Å². The van der Waals surface area contributed by atoms with Crippen molar-refractivity contribution >= 4 is 23.4 Å². The molecule has 0 aliphatic carbocycles. The standard InChI is InChI=1S/C14H24N4S/c1-4-15-12-8-13(18-14(17-12)10(2)3)16-11-6-5-7-19-9-11/h8,10-11H,4-7,9H2,1-3H3,(H2,15,16,17,18). The first-order valence-electron chi connectivity index (χ1n) is 7.16. The van der Waals surface area contributed by atoms with Gasteiger partial charge in [-0.15, -0.1) is 0 Å². The predicted molar refractivity (Wildman–Crippen MR) is 84.3 cm³/mol. The minimum Gasteiger partial charge on any atom is -0.370 e. The molecule has 1 aromatic heterocycles. The lowest BCUT2D eigenvalue weighted by atomic mass is 10.2. The molecule has 0 saturated carbocycles. The number of anilines is 2. The molecule has 0 radical (unpaired) electrons. The average molecular weight is 280 g/mol. The smallest absolute Gasteiger partial charge is 0.135 e. The molecular formula is C14H24N4S. The van der Waals surface area contributed by atoms with E-state index in [1.165, 1.54) is 24.3 Å². The molecule has 0 amide bonds. The third-order valence-corrected chi connectivity index (χ3v) is 4.35. The zero-order chi connectivity index (χ0) is 13.7. The Hall–Kier alpha value is -0.970. The Balaban J connectivity index is 2.12. The van der Waals surface area contributed by atoms with Crippen LogP contribution in [0.3, 0.4) is 0 Å². The summed E-state index contributed by atoms with van der Waals surface area (Å²) >= 11 is 2.03. The van der Waals surface area contributed by atoms with Crippen LogP contribution >= 0.6 is 11.8 Å². The number of nitrogens with one attached hydrogen (secondary N) is 2. The summed E-state index contributed by atoms with van der Waals surface area (Å²) in [6, 6.07) is 2.57. The topological polar surface area (TPSA) is 49.8 Å². The van der Waals surface area contributed by atoms with Gasteiger partial charge in [-0.25, -0.2) is 9.97 Å². The molecule has 1 aromatic rings. The first-order chi connectivity index (χ1) is 9.19. The third kappa shape index (κ3) is 4.27. The molecule has 1 aliphatic rings. The van der Waals surface area contributed by atoms with E-state index in [2.05, 4.69) is 41.4 Å². The zero-order valence-electron chi connectivity index (χ0n) is 12.1. The molecule has 1 saturated heterocycles. The second kappa shape index (κ2) is 6.98. The van der Waals surface area contributed by atoms with Crippen LogP contribution in [0.15, 0.2) is 6.07 Å². The minimum atomic E-state index is 0.347. The van der Waals surface area contributed by atoms with Crippen LogP contribution in [-0.2, 0) is 0 Å². The van der Waals surface area contributed by atoms with Crippen molar-refractivity contribution < 1.29 is 0 Å². The Kier molecular flexibility index (Phi) is 5.31. The maximum Gasteiger partial charge on any atom is 0.135 e. The largest absolute Gasteiger partial charge is 0.370 e. The second-order valence-electron chi connectivity index (χ2n) is 5.24. The fourth-order valence-electron chi connectivity index (χ4n) is 2.13. The van der Waals surface area contributed by atoms with E-state index in [4.69, 9.17) is 0 Å². The molecule has 1 atom stereocenters. The SMILES string of the molecule is CCNc1cc(NC2CCCSC2)nc(C(C)C)n1. The summed E-state index contributed by atoms with van der Waals surface area (Å²) in [6.07, 6.45) is 2.54. The molecule has 1 unspecified atom stereocenters. The number of aromatic nitrogens is 2. The van der Waals surface area contributed by atoms with Crippen molar-refractivity contribution in [2.24, 2.45) is 0 Å². The first kappa shape index (κ1) is 14.4. The van der Waals surface area contributed by atoms with Gasteiger partial charge in [-0.3, -0.25) is 0 Å². The van der Waals surface area contributed by atoms with Gasteiger partial charge in [0.25, 0.3) is 0 Å². The predicted octanol–water partition coefficient (Wildman–Crippen LogP) is 3.34. The van der Waals surface area contributed by atoms with E-state index < -0.39 is 0 Å². The summed E-state index contributed by atoms with van der Waals surface area (Å²) in [5.41, 5.74) is 0. The Morgan fingerprint density at radius 3 is 2.79 bits per heavy atom. The Morgan fingerprint density at radius 2 is 2.16 bits per heavy atom. The van der Waals surface area contributed by atoms with Crippen LogP contribution in [-0.4, -0.2) is 34.1 Å². The molecule has 4 nitrogen and oxygen atoms in total. The molecule has 0 spiro atoms. The normalized spacial score (nSPS) is 19.5. The van der Waals surface area contributed by atoms with Crippen LogP contribution in [0.25, 0.3) is 0 Å². The van der Waals surface area contributed by atoms with Gasteiger partial charge in [0.05, 0.1) is 0 Å². The molecule has 0 aromatic carbocycles. The minimum absolute atomic E-state index is 0.347. The van der Waals surface area contributed by atoms with Gasteiger partial charge in [0.1, 0.15) is 17.5 Å². The number of hydrogen-bond acceptors (Lipinski definition) is 5. The quantitative estimate of drug-likeness (QED) is 0.866. The van der Waals surface area contributed by atoms with Crippen molar-refractivity contribution in [3.63, 3.8) is 0 Å². The van der Waals surface area contributed by atoms with Gasteiger partial charge < -0.3 is 10.6 Å². The monoisotopic (exact) mass is 280 g/mol. The van der Waals surface area contributed by atoms with E-state index in [0.29, 0.717) is 12.0 Å². The lowest BCUT2D eigenvalue weighted by Crippen LogP contribution is -2.26. The molecular weight excluding hydrogens is 256 g/mol. The highest BCUT2D eigenvalue weighted by Gasteiger charge is 2.15. The fourth-order valence-corrected chi connectivity index (χ4v) is 3.21. The molecule has 106 valence electrons. The Labute approximate surface area is 120 Å². The van der Waals surface area contributed by atoms with Gasteiger partial charge in [0.2, 0.25) is 0 Å². The first-order valence-corrected chi connectivity index (χ1v) is 8.31. The molecule has 5 heteroatoms. The molecule has 2 rings (SSSR count). The highest BCUT2D eigenvalue weighted by Crippen LogP contribution is 2.22. The summed E-state index contributed by atoms with van der Waals surface area (Å²) < 4.78 is 0. The molecule has 2 heterocycles. The summed E-state index contributed by atoms with van der Waals surface area (Å²) in [6.45, 7) is 7.23. The maximum absolute atomic E-state index is 4.64. The lowest BCUT2D eigenvalue weighted by molar-refractivity contribution is 0.679. The number of nitrogens with zero attached hydrogens (tertiary/aromatic N) is 2. The molecule has 1 aliphatic heterocycles. The number of rotatable bonds is 5. The van der Waals surface area contributed by atoms with E-state index in [1.807, 2.05) is 17.8 Å². The number of hydrogen-bond donors (Lipinski definition) is 2. The number of thioether (sulfide) groups is 1. The van der Waals surface area contributed by atoms with Crippen LogP contribution in [0.1, 0.15) is 45.4 Å². The zero-order valence-corrected chi connectivity index (χ0v) is 12.9. The molecule has 19 heavy (non-hydrogen) atoms. The van der Waals surface area contributed by atoms with Gasteiger partial charge >= 0.3 is 0 Å². The van der Waals surface area contributed by atoms with Crippen LogP contribution < -0.4 is 10.6 Å². The van der Waals surface area contributed by atoms with Crippen LogP contribution in [0.4, 0.5) is 11.6 Å². The Bertz CT molecular complexity index is 402. The summed E-state index contributed by atoms with van der Waals surface area (Å²) in [7, 11) is 0. The Morgan fingerprint density at radius 1 is 1.37 bits per heavy atom. The van der Waals surface area contributed by atoms with Crippen molar-refractivity contribution in [2.45, 2.75) is 45.6 Å². The summed E-state index contributed by atoms with van der Waals surface area (Å²) in [5, 5.41) is 6.85. The van der Waals surface area contributed by atoms with Crippen molar-refractivity contribution in [3.05, 3.63) is 11.9 Å². The van der Waals surface area contributed by atoms with E-state index in [1.54, 1.807) is 0 Å². The third-order valence-electron chi connectivity index (χ3n) is 3.13. The van der Waals surface area contributed by atoms with E-state index in [9.17, 15) is 0 Å². The second-order valence-corrected chi connectivity index (χ2v) is 6.39.